The summed E-state index contributed by atoms with van der Waals surface area (Å²) < 4.78 is 52.6. The highest BCUT2D eigenvalue weighted by atomic mass is 19.4. The first-order valence-electron chi connectivity index (χ1n) is 10.3. The molecule has 2 aromatic carbocycles. The van der Waals surface area contributed by atoms with Gasteiger partial charge in [-0.1, -0.05) is 12.1 Å². The van der Waals surface area contributed by atoms with E-state index in [1.165, 1.54) is 24.3 Å². The summed E-state index contributed by atoms with van der Waals surface area (Å²) >= 11 is 0. The molecule has 1 N–H and O–H groups in total. The molecular formula is C24H17F3N2O5. The van der Waals surface area contributed by atoms with E-state index in [4.69, 9.17) is 9.47 Å². The number of carbonyl (C=O) groups excluding carboxylic acids is 2. The highest BCUT2D eigenvalue weighted by Gasteiger charge is 2.43. The number of rotatable bonds is 4. The van der Waals surface area contributed by atoms with Crippen LogP contribution in [0.5, 0.6) is 17.2 Å². The molecule has 1 atom stereocenters. The molecular weight excluding hydrogens is 453 g/mol. The highest BCUT2D eigenvalue weighted by molar-refractivity contribution is 5.96. The molecule has 3 heterocycles. The maximum atomic E-state index is 13.4. The van der Waals surface area contributed by atoms with E-state index in [0.717, 1.165) is 0 Å². The lowest BCUT2D eigenvalue weighted by Gasteiger charge is -2.39. The first-order chi connectivity index (χ1) is 16.2. The molecule has 1 unspecified atom stereocenters. The van der Waals surface area contributed by atoms with Crippen LogP contribution in [0.4, 0.5) is 13.2 Å². The molecule has 174 valence electrons. The van der Waals surface area contributed by atoms with E-state index in [2.05, 4.69) is 15.0 Å². The number of nitrogens with one attached hydrogen (secondary N) is 1. The van der Waals surface area contributed by atoms with Crippen molar-refractivity contribution in [2.45, 2.75) is 24.7 Å². The summed E-state index contributed by atoms with van der Waals surface area (Å²) in [5.41, 5.74) is 0.675. The molecule has 3 aromatic rings. The molecule has 34 heavy (non-hydrogen) atoms. The van der Waals surface area contributed by atoms with E-state index < -0.39 is 23.8 Å². The van der Waals surface area contributed by atoms with Crippen LogP contribution in [0.1, 0.15) is 33.6 Å². The molecule has 2 aliphatic rings. The fourth-order valence-electron chi connectivity index (χ4n) is 4.21. The van der Waals surface area contributed by atoms with Crippen molar-refractivity contribution in [3.8, 4) is 17.2 Å². The minimum atomic E-state index is -4.82. The normalized spacial score (nSPS) is 18.9. The average molecular weight is 470 g/mol. The number of benzene rings is 2. The van der Waals surface area contributed by atoms with Crippen molar-refractivity contribution >= 4 is 11.9 Å². The summed E-state index contributed by atoms with van der Waals surface area (Å²) in [5, 5.41) is 3.02. The lowest BCUT2D eigenvalue weighted by Crippen LogP contribution is -2.50. The zero-order chi connectivity index (χ0) is 23.9. The fourth-order valence-corrected chi connectivity index (χ4v) is 4.21. The van der Waals surface area contributed by atoms with Crippen LogP contribution in [0.15, 0.2) is 60.8 Å². The van der Waals surface area contributed by atoms with Crippen molar-refractivity contribution in [3.05, 3.63) is 83.2 Å². The molecule has 0 radical (unpaired) electrons. The Morgan fingerprint density at radius 3 is 2.65 bits per heavy atom. The standard InChI is InChI=1S/C24H17F3N2O5/c25-24(26,27)34-17-6-4-16(5-7-17)23(9-11-32-19-2-1-10-28-21(19)23)29-22(31)14-3-8-18-15(12-14)13-20(30)33-18/h1-8,10,12H,9,11,13H2,(H,29,31). The molecule has 0 saturated heterocycles. The summed E-state index contributed by atoms with van der Waals surface area (Å²) in [6.45, 7) is 0.242. The first kappa shape index (κ1) is 21.7. The first-order valence-corrected chi connectivity index (χ1v) is 10.3. The van der Waals surface area contributed by atoms with Crippen molar-refractivity contribution in [2.24, 2.45) is 0 Å². The Morgan fingerprint density at radius 2 is 1.88 bits per heavy atom. The Kier molecular flexibility index (Phi) is 5.15. The van der Waals surface area contributed by atoms with Gasteiger partial charge in [-0.3, -0.25) is 14.6 Å². The largest absolute Gasteiger partial charge is 0.573 e. The predicted molar refractivity (Wildman–Crippen MR) is 112 cm³/mol. The van der Waals surface area contributed by atoms with Gasteiger partial charge in [0, 0.05) is 23.7 Å². The van der Waals surface area contributed by atoms with Crippen LogP contribution in [0.3, 0.4) is 0 Å². The van der Waals surface area contributed by atoms with Gasteiger partial charge in [-0.05, 0) is 48.0 Å². The average Bonchev–Trinajstić information content (AvgIpc) is 3.18. The zero-order valence-electron chi connectivity index (χ0n) is 17.5. The van der Waals surface area contributed by atoms with Crippen LogP contribution >= 0.6 is 0 Å². The summed E-state index contributed by atoms with van der Waals surface area (Å²) in [6.07, 6.45) is -2.91. The predicted octanol–water partition coefficient (Wildman–Crippen LogP) is 3.90. The van der Waals surface area contributed by atoms with Gasteiger partial charge in [0.05, 0.1) is 13.0 Å². The van der Waals surface area contributed by atoms with Gasteiger partial charge in [0.25, 0.3) is 5.91 Å². The number of amides is 1. The van der Waals surface area contributed by atoms with Gasteiger partial charge in [0.2, 0.25) is 0 Å². The van der Waals surface area contributed by atoms with E-state index in [-0.39, 0.29) is 25.2 Å². The van der Waals surface area contributed by atoms with Gasteiger partial charge in [0.1, 0.15) is 28.5 Å². The molecule has 2 aliphatic heterocycles. The number of halogens is 3. The number of esters is 1. The monoisotopic (exact) mass is 470 g/mol. The molecule has 0 saturated carbocycles. The maximum absolute atomic E-state index is 13.4. The van der Waals surface area contributed by atoms with Crippen molar-refractivity contribution in [2.75, 3.05) is 6.61 Å². The summed E-state index contributed by atoms with van der Waals surface area (Å²) in [5.74, 6) is -0.356. The summed E-state index contributed by atoms with van der Waals surface area (Å²) in [6, 6.07) is 13.4. The number of alkyl halides is 3. The zero-order valence-corrected chi connectivity index (χ0v) is 17.5. The second-order valence-electron chi connectivity index (χ2n) is 7.85. The third-order valence-corrected chi connectivity index (χ3v) is 5.70. The number of nitrogens with zero attached hydrogens (tertiary/aromatic N) is 1. The lowest BCUT2D eigenvalue weighted by atomic mass is 9.81. The van der Waals surface area contributed by atoms with Gasteiger partial charge >= 0.3 is 12.3 Å². The number of ether oxygens (including phenoxy) is 3. The minimum Gasteiger partial charge on any atom is -0.491 e. The third kappa shape index (κ3) is 4.02. The van der Waals surface area contributed by atoms with E-state index >= 15 is 0 Å². The van der Waals surface area contributed by atoms with Crippen LogP contribution in [0.2, 0.25) is 0 Å². The number of carbonyl (C=O) groups is 2. The van der Waals surface area contributed by atoms with Crippen molar-refractivity contribution in [1.82, 2.24) is 10.3 Å². The molecule has 5 rings (SSSR count). The van der Waals surface area contributed by atoms with Gasteiger partial charge in [0.15, 0.2) is 0 Å². The van der Waals surface area contributed by atoms with Gasteiger partial charge < -0.3 is 19.5 Å². The van der Waals surface area contributed by atoms with E-state index in [0.29, 0.717) is 33.9 Å². The number of hydrogen-bond acceptors (Lipinski definition) is 6. The smallest absolute Gasteiger partial charge is 0.491 e. The SMILES string of the molecule is O=C1Cc2cc(C(=O)NC3(c4ccc(OC(F)(F)F)cc4)CCOc4cccnc43)ccc2O1. The molecule has 0 bridgehead atoms. The summed E-state index contributed by atoms with van der Waals surface area (Å²) in [7, 11) is 0. The number of fused-ring (bicyclic) bond motifs is 2. The van der Waals surface area contributed by atoms with E-state index in [9.17, 15) is 22.8 Å². The number of pyridine rings is 1. The molecule has 0 fully saturated rings. The molecule has 0 spiro atoms. The minimum absolute atomic E-state index is 0.0699. The fraction of sp³-hybridized carbons (Fsp3) is 0.208. The molecule has 7 nitrogen and oxygen atoms in total. The van der Waals surface area contributed by atoms with Crippen molar-refractivity contribution < 1.29 is 37.0 Å². The second kappa shape index (κ2) is 8.05. The van der Waals surface area contributed by atoms with Crippen LogP contribution in [-0.4, -0.2) is 29.8 Å². The molecule has 1 amide bonds. The van der Waals surface area contributed by atoms with Gasteiger partial charge in [-0.2, -0.15) is 0 Å². The number of aromatic nitrogens is 1. The van der Waals surface area contributed by atoms with Crippen LogP contribution in [0, 0.1) is 0 Å². The molecule has 0 aliphatic carbocycles. The molecule has 10 heteroatoms. The van der Waals surface area contributed by atoms with Crippen LogP contribution in [-0.2, 0) is 16.8 Å². The second-order valence-corrected chi connectivity index (χ2v) is 7.85. The van der Waals surface area contributed by atoms with Crippen LogP contribution in [0.25, 0.3) is 0 Å². The Hall–Kier alpha value is -4.08. The Balaban J connectivity index is 1.53. The van der Waals surface area contributed by atoms with Gasteiger partial charge in [-0.15, -0.1) is 13.2 Å². The van der Waals surface area contributed by atoms with Crippen molar-refractivity contribution in [1.29, 1.82) is 0 Å². The lowest BCUT2D eigenvalue weighted by molar-refractivity contribution is -0.274. The topological polar surface area (TPSA) is 86.8 Å². The summed E-state index contributed by atoms with van der Waals surface area (Å²) in [4.78, 5) is 29.3. The van der Waals surface area contributed by atoms with Crippen molar-refractivity contribution in [3.63, 3.8) is 0 Å². The van der Waals surface area contributed by atoms with Gasteiger partial charge in [-0.25, -0.2) is 0 Å². The third-order valence-electron chi connectivity index (χ3n) is 5.70. The molecule has 1 aromatic heterocycles. The number of hydrogen-bond donors (Lipinski definition) is 1. The van der Waals surface area contributed by atoms with E-state index in [1.54, 1.807) is 36.5 Å². The Morgan fingerprint density at radius 1 is 1.09 bits per heavy atom. The maximum Gasteiger partial charge on any atom is 0.573 e. The Bertz CT molecular complexity index is 1280. The Labute approximate surface area is 191 Å². The van der Waals surface area contributed by atoms with Crippen LogP contribution < -0.4 is 19.5 Å². The van der Waals surface area contributed by atoms with E-state index in [1.807, 2.05) is 0 Å². The quantitative estimate of drug-likeness (QED) is 0.460. The highest BCUT2D eigenvalue weighted by Crippen LogP contribution is 2.41.